The van der Waals surface area contributed by atoms with Crippen molar-refractivity contribution in [2.45, 2.75) is 45.6 Å². The van der Waals surface area contributed by atoms with Gasteiger partial charge in [0.1, 0.15) is 17.0 Å². The highest BCUT2D eigenvalue weighted by molar-refractivity contribution is 5.89. The molecular formula is C24H32N6O4. The normalized spacial score (nSPS) is 14.1. The van der Waals surface area contributed by atoms with Gasteiger partial charge in [-0.05, 0) is 31.4 Å². The maximum atomic E-state index is 11.2. The fourth-order valence-corrected chi connectivity index (χ4v) is 4.17. The molecule has 0 atom stereocenters. The van der Waals surface area contributed by atoms with Gasteiger partial charge >= 0.3 is 0 Å². The number of rotatable bonds is 10. The Morgan fingerprint density at radius 2 is 2.03 bits per heavy atom. The highest BCUT2D eigenvalue weighted by Crippen LogP contribution is 2.32. The van der Waals surface area contributed by atoms with E-state index in [0.717, 1.165) is 48.4 Å². The molecule has 0 aliphatic carbocycles. The van der Waals surface area contributed by atoms with Gasteiger partial charge < -0.3 is 18.9 Å². The molecule has 10 nitrogen and oxygen atoms in total. The van der Waals surface area contributed by atoms with Crippen molar-refractivity contribution in [3.8, 4) is 17.0 Å². The van der Waals surface area contributed by atoms with Crippen molar-refractivity contribution in [1.82, 2.24) is 25.0 Å². The molecule has 1 amide bonds. The molecule has 0 unspecified atom stereocenters. The molecule has 2 N–H and O–H groups in total. The van der Waals surface area contributed by atoms with Crippen LogP contribution in [0.15, 0.2) is 30.6 Å². The summed E-state index contributed by atoms with van der Waals surface area (Å²) in [5, 5.41) is 8.61. The fraction of sp³-hybridized carbons (Fsp3) is 0.500. The van der Waals surface area contributed by atoms with Crippen molar-refractivity contribution in [1.29, 1.82) is 0 Å². The second kappa shape index (κ2) is 11.3. The zero-order valence-electron chi connectivity index (χ0n) is 19.7. The molecule has 182 valence electrons. The first-order valence-electron chi connectivity index (χ1n) is 11.9. The number of carbonyl (C=O) groups is 1. The molecule has 0 spiro atoms. The third-order valence-corrected chi connectivity index (χ3v) is 6.09. The van der Waals surface area contributed by atoms with Crippen LogP contribution in [0, 0.1) is 0 Å². The minimum Gasteiger partial charge on any atom is -0.494 e. The number of ether oxygens (including phenoxy) is 2. The Hall–Kier alpha value is -3.24. The number of anilines is 1. The summed E-state index contributed by atoms with van der Waals surface area (Å²) >= 11 is 0. The van der Waals surface area contributed by atoms with Crippen LogP contribution in [0.1, 0.15) is 45.6 Å². The summed E-state index contributed by atoms with van der Waals surface area (Å²) in [6.07, 6.45) is 4.54. The first kappa shape index (κ1) is 23.9. The predicted molar refractivity (Wildman–Crippen MR) is 128 cm³/mol. The number of morpholine rings is 1. The Kier molecular flexibility index (Phi) is 7.91. The van der Waals surface area contributed by atoms with Gasteiger partial charge in [0.2, 0.25) is 11.9 Å². The van der Waals surface area contributed by atoms with Crippen molar-refractivity contribution in [2.24, 2.45) is 0 Å². The SMILES string of the molecule is CCC(CC)n1cnc2c(-c3cccc(OCCCC(=O)NO)c3)nc(N3CCOCC3)nc21. The number of nitrogens with one attached hydrogen (secondary N) is 1. The van der Waals surface area contributed by atoms with E-state index in [1.54, 1.807) is 5.48 Å². The Bertz CT molecular complexity index is 1110. The Morgan fingerprint density at radius 1 is 1.24 bits per heavy atom. The van der Waals surface area contributed by atoms with Crippen molar-refractivity contribution < 1.29 is 19.5 Å². The monoisotopic (exact) mass is 468 g/mol. The van der Waals surface area contributed by atoms with Crippen molar-refractivity contribution in [3.05, 3.63) is 30.6 Å². The molecule has 10 heteroatoms. The molecule has 1 aromatic carbocycles. The number of benzene rings is 1. The van der Waals surface area contributed by atoms with E-state index < -0.39 is 5.91 Å². The molecule has 3 aromatic rings. The molecule has 3 heterocycles. The fourth-order valence-electron chi connectivity index (χ4n) is 4.17. The maximum Gasteiger partial charge on any atom is 0.243 e. The minimum atomic E-state index is -0.426. The number of fused-ring (bicyclic) bond motifs is 1. The highest BCUT2D eigenvalue weighted by atomic mass is 16.5. The quantitative estimate of drug-likeness (QED) is 0.264. The van der Waals surface area contributed by atoms with Gasteiger partial charge in [0.05, 0.1) is 26.1 Å². The molecule has 1 fully saturated rings. The van der Waals surface area contributed by atoms with E-state index in [2.05, 4.69) is 23.3 Å². The van der Waals surface area contributed by atoms with E-state index in [0.29, 0.717) is 44.0 Å². The molecule has 0 radical (unpaired) electrons. The number of hydroxylamine groups is 1. The number of aromatic nitrogens is 4. The molecule has 34 heavy (non-hydrogen) atoms. The molecule has 1 aliphatic rings. The number of imidazole rings is 1. The standard InChI is InChI=1S/C24H32N6O4/c1-3-18(4-2)30-16-25-22-21(26-24(27-23(22)30)29-10-13-33-14-11-29)17-7-5-8-19(15-17)34-12-6-9-20(31)28-32/h5,7-8,15-16,18,32H,3-4,6,9-14H2,1-2H3,(H,28,31). The molecule has 0 saturated carbocycles. The van der Waals surface area contributed by atoms with Crippen LogP contribution < -0.4 is 15.1 Å². The van der Waals surface area contributed by atoms with E-state index in [9.17, 15) is 4.79 Å². The Morgan fingerprint density at radius 3 is 2.76 bits per heavy atom. The maximum absolute atomic E-state index is 11.2. The van der Waals surface area contributed by atoms with E-state index in [-0.39, 0.29) is 6.42 Å². The van der Waals surface area contributed by atoms with Crippen LogP contribution in [0.2, 0.25) is 0 Å². The highest BCUT2D eigenvalue weighted by Gasteiger charge is 2.22. The Balaban J connectivity index is 1.69. The first-order valence-corrected chi connectivity index (χ1v) is 11.9. The van der Waals surface area contributed by atoms with Crippen LogP contribution in [0.3, 0.4) is 0 Å². The lowest BCUT2D eigenvalue weighted by Crippen LogP contribution is -2.37. The van der Waals surface area contributed by atoms with Crippen LogP contribution in [-0.4, -0.2) is 63.5 Å². The lowest BCUT2D eigenvalue weighted by Gasteiger charge is -2.27. The number of amides is 1. The van der Waals surface area contributed by atoms with Crippen LogP contribution in [0.25, 0.3) is 22.4 Å². The topological polar surface area (TPSA) is 115 Å². The largest absolute Gasteiger partial charge is 0.494 e. The number of hydrogen-bond donors (Lipinski definition) is 2. The van der Waals surface area contributed by atoms with Gasteiger partial charge in [-0.2, -0.15) is 4.98 Å². The number of hydrogen-bond acceptors (Lipinski definition) is 8. The van der Waals surface area contributed by atoms with Crippen LogP contribution in [-0.2, 0) is 9.53 Å². The lowest BCUT2D eigenvalue weighted by atomic mass is 10.1. The van der Waals surface area contributed by atoms with Gasteiger partial charge in [0.15, 0.2) is 5.65 Å². The first-order chi connectivity index (χ1) is 16.6. The summed E-state index contributed by atoms with van der Waals surface area (Å²) in [5.74, 6) is 0.935. The summed E-state index contributed by atoms with van der Waals surface area (Å²) in [5.41, 5.74) is 4.89. The van der Waals surface area contributed by atoms with Crippen molar-refractivity contribution >= 4 is 23.0 Å². The summed E-state index contributed by atoms with van der Waals surface area (Å²) < 4.78 is 13.5. The summed E-state index contributed by atoms with van der Waals surface area (Å²) in [6, 6.07) is 8.04. The van der Waals surface area contributed by atoms with Crippen LogP contribution in [0.5, 0.6) is 5.75 Å². The van der Waals surface area contributed by atoms with E-state index >= 15 is 0 Å². The third-order valence-electron chi connectivity index (χ3n) is 6.09. The minimum absolute atomic E-state index is 0.194. The van der Waals surface area contributed by atoms with E-state index in [1.165, 1.54) is 0 Å². The van der Waals surface area contributed by atoms with Crippen LogP contribution >= 0.6 is 0 Å². The molecule has 1 aliphatic heterocycles. The average Bonchev–Trinajstić information content (AvgIpc) is 3.31. The van der Waals surface area contributed by atoms with Gasteiger partial charge in [-0.1, -0.05) is 26.0 Å². The third kappa shape index (κ3) is 5.28. The molecular weight excluding hydrogens is 436 g/mol. The predicted octanol–water partition coefficient (Wildman–Crippen LogP) is 3.36. The second-order valence-corrected chi connectivity index (χ2v) is 8.28. The van der Waals surface area contributed by atoms with Gasteiger partial charge in [-0.3, -0.25) is 10.0 Å². The van der Waals surface area contributed by atoms with Gasteiger partial charge in [-0.25, -0.2) is 15.4 Å². The second-order valence-electron chi connectivity index (χ2n) is 8.28. The summed E-state index contributed by atoms with van der Waals surface area (Å²) in [7, 11) is 0. The number of nitrogens with zero attached hydrogens (tertiary/aromatic N) is 5. The van der Waals surface area contributed by atoms with E-state index in [1.807, 2.05) is 30.6 Å². The smallest absolute Gasteiger partial charge is 0.243 e. The Labute approximate surface area is 198 Å². The van der Waals surface area contributed by atoms with E-state index in [4.69, 9.17) is 29.6 Å². The number of carbonyl (C=O) groups excluding carboxylic acids is 1. The van der Waals surface area contributed by atoms with Crippen molar-refractivity contribution in [2.75, 3.05) is 37.8 Å². The average molecular weight is 469 g/mol. The summed E-state index contributed by atoms with van der Waals surface area (Å²) in [6.45, 7) is 7.51. The zero-order chi connectivity index (χ0) is 23.9. The lowest BCUT2D eigenvalue weighted by molar-refractivity contribution is -0.129. The summed E-state index contributed by atoms with van der Waals surface area (Å²) in [4.78, 5) is 27.9. The molecule has 1 saturated heterocycles. The van der Waals surface area contributed by atoms with Gasteiger partial charge in [0, 0.05) is 31.1 Å². The molecule has 2 aromatic heterocycles. The van der Waals surface area contributed by atoms with Gasteiger partial charge in [0.25, 0.3) is 0 Å². The molecule has 0 bridgehead atoms. The zero-order valence-corrected chi connectivity index (χ0v) is 19.7. The molecule has 4 rings (SSSR count). The van der Waals surface area contributed by atoms with Crippen LogP contribution in [0.4, 0.5) is 5.95 Å². The van der Waals surface area contributed by atoms with Crippen molar-refractivity contribution in [3.63, 3.8) is 0 Å². The van der Waals surface area contributed by atoms with Gasteiger partial charge in [-0.15, -0.1) is 0 Å².